The molecule has 1 saturated carbocycles. The van der Waals surface area contributed by atoms with Crippen LogP contribution in [0.1, 0.15) is 37.9 Å². The number of primary sulfonamides is 1. The summed E-state index contributed by atoms with van der Waals surface area (Å²) in [5, 5.41) is 9.33. The van der Waals surface area contributed by atoms with E-state index in [9.17, 15) is 8.42 Å². The summed E-state index contributed by atoms with van der Waals surface area (Å²) in [5.41, 5.74) is 0.876. The first-order chi connectivity index (χ1) is 8.46. The molecule has 18 heavy (non-hydrogen) atoms. The van der Waals surface area contributed by atoms with Gasteiger partial charge < -0.3 is 4.74 Å². The van der Waals surface area contributed by atoms with Crippen molar-refractivity contribution >= 4 is 10.0 Å². The molecule has 0 atom stereocenters. The SMILES string of the molecule is CCC1(c2cc(S(N)(=O)=O)nn2C2CC2)COC1. The monoisotopic (exact) mass is 271 g/mol. The molecule has 0 radical (unpaired) electrons. The van der Waals surface area contributed by atoms with Crippen LogP contribution in [0.15, 0.2) is 11.1 Å². The highest BCUT2D eigenvalue weighted by Gasteiger charge is 2.44. The Morgan fingerprint density at radius 1 is 1.56 bits per heavy atom. The third-order valence-corrected chi connectivity index (χ3v) is 4.66. The predicted octanol–water partition coefficient (Wildman–Crippen LogP) is 0.543. The Labute approximate surface area is 106 Å². The van der Waals surface area contributed by atoms with Crippen LogP contribution in [-0.2, 0) is 20.2 Å². The number of ether oxygens (including phenoxy) is 1. The molecule has 1 aromatic heterocycles. The molecule has 3 rings (SSSR count). The maximum atomic E-state index is 11.4. The van der Waals surface area contributed by atoms with E-state index in [1.165, 1.54) is 0 Å². The van der Waals surface area contributed by atoms with Crippen molar-refractivity contribution in [1.82, 2.24) is 9.78 Å². The van der Waals surface area contributed by atoms with E-state index in [-0.39, 0.29) is 10.4 Å². The lowest BCUT2D eigenvalue weighted by Crippen LogP contribution is -2.47. The summed E-state index contributed by atoms with van der Waals surface area (Å²) in [6.07, 6.45) is 3.02. The molecule has 1 aliphatic carbocycles. The van der Waals surface area contributed by atoms with Crippen LogP contribution in [0.25, 0.3) is 0 Å². The highest BCUT2D eigenvalue weighted by atomic mass is 32.2. The van der Waals surface area contributed by atoms with Gasteiger partial charge in [-0.05, 0) is 19.3 Å². The van der Waals surface area contributed by atoms with E-state index in [0.29, 0.717) is 19.3 Å². The van der Waals surface area contributed by atoms with Gasteiger partial charge >= 0.3 is 0 Å². The van der Waals surface area contributed by atoms with Gasteiger partial charge in [-0.25, -0.2) is 13.6 Å². The minimum Gasteiger partial charge on any atom is -0.379 e. The zero-order valence-corrected chi connectivity index (χ0v) is 11.1. The van der Waals surface area contributed by atoms with Gasteiger partial charge in [0.05, 0.1) is 30.4 Å². The number of nitrogens with two attached hydrogens (primary N) is 1. The Hall–Kier alpha value is -0.920. The molecular weight excluding hydrogens is 254 g/mol. The number of nitrogens with zero attached hydrogens (tertiary/aromatic N) is 2. The Morgan fingerprint density at radius 2 is 2.22 bits per heavy atom. The summed E-state index contributed by atoms with van der Waals surface area (Å²) in [6.45, 7) is 3.35. The Kier molecular flexibility index (Phi) is 2.55. The zero-order chi connectivity index (χ0) is 13.0. The van der Waals surface area contributed by atoms with Gasteiger partial charge in [0, 0.05) is 6.07 Å². The van der Waals surface area contributed by atoms with E-state index in [4.69, 9.17) is 9.88 Å². The van der Waals surface area contributed by atoms with E-state index < -0.39 is 10.0 Å². The molecule has 6 nitrogen and oxygen atoms in total. The standard InChI is InChI=1S/C11H17N3O3S/c1-2-11(6-17-7-11)9-5-10(18(12,15)16)13-14(9)8-3-4-8/h5,8H,2-4,6-7H2,1H3,(H2,12,15,16). The van der Waals surface area contributed by atoms with Crippen molar-refractivity contribution in [2.75, 3.05) is 13.2 Å². The number of hydrogen-bond acceptors (Lipinski definition) is 4. The molecule has 0 spiro atoms. The summed E-state index contributed by atoms with van der Waals surface area (Å²) in [6, 6.07) is 1.96. The van der Waals surface area contributed by atoms with Crippen molar-refractivity contribution < 1.29 is 13.2 Å². The van der Waals surface area contributed by atoms with E-state index in [2.05, 4.69) is 12.0 Å². The Balaban J connectivity index is 2.09. The van der Waals surface area contributed by atoms with Crippen LogP contribution in [0, 0.1) is 0 Å². The van der Waals surface area contributed by atoms with Crippen molar-refractivity contribution in [3.05, 3.63) is 11.8 Å². The van der Waals surface area contributed by atoms with Crippen LogP contribution < -0.4 is 5.14 Å². The van der Waals surface area contributed by atoms with Crippen LogP contribution in [0.3, 0.4) is 0 Å². The van der Waals surface area contributed by atoms with Crippen molar-refractivity contribution in [3.63, 3.8) is 0 Å². The van der Waals surface area contributed by atoms with E-state index in [1.54, 1.807) is 6.07 Å². The second-order valence-electron chi connectivity index (χ2n) is 5.22. The summed E-state index contributed by atoms with van der Waals surface area (Å²) < 4.78 is 30.0. The van der Waals surface area contributed by atoms with Crippen molar-refractivity contribution in [2.45, 2.75) is 42.7 Å². The van der Waals surface area contributed by atoms with E-state index in [0.717, 1.165) is 25.0 Å². The molecule has 2 aliphatic rings. The lowest BCUT2D eigenvalue weighted by Gasteiger charge is -2.41. The lowest BCUT2D eigenvalue weighted by molar-refractivity contribution is -0.0662. The fourth-order valence-corrected chi connectivity index (χ4v) is 2.86. The van der Waals surface area contributed by atoms with Gasteiger partial charge in [-0.1, -0.05) is 6.92 Å². The average Bonchev–Trinajstić information content (AvgIpc) is 2.97. The van der Waals surface area contributed by atoms with Gasteiger partial charge in [0.25, 0.3) is 10.0 Å². The van der Waals surface area contributed by atoms with Crippen LogP contribution in [-0.4, -0.2) is 31.4 Å². The van der Waals surface area contributed by atoms with Crippen LogP contribution in [0.4, 0.5) is 0 Å². The minimum atomic E-state index is -3.74. The topological polar surface area (TPSA) is 87.2 Å². The summed E-state index contributed by atoms with van der Waals surface area (Å²) >= 11 is 0. The second kappa shape index (κ2) is 3.79. The smallest absolute Gasteiger partial charge is 0.257 e. The zero-order valence-electron chi connectivity index (χ0n) is 10.3. The van der Waals surface area contributed by atoms with Gasteiger partial charge in [-0.15, -0.1) is 0 Å². The minimum absolute atomic E-state index is 0.0240. The lowest BCUT2D eigenvalue weighted by atomic mass is 9.80. The predicted molar refractivity (Wildman–Crippen MR) is 64.7 cm³/mol. The molecule has 7 heteroatoms. The molecule has 1 aromatic rings. The highest BCUT2D eigenvalue weighted by molar-refractivity contribution is 7.89. The summed E-state index contributed by atoms with van der Waals surface area (Å²) in [7, 11) is -3.74. The van der Waals surface area contributed by atoms with Crippen LogP contribution >= 0.6 is 0 Å². The largest absolute Gasteiger partial charge is 0.379 e. The van der Waals surface area contributed by atoms with E-state index >= 15 is 0 Å². The number of aromatic nitrogens is 2. The van der Waals surface area contributed by atoms with Crippen LogP contribution in [0.5, 0.6) is 0 Å². The van der Waals surface area contributed by atoms with Gasteiger partial charge in [0.2, 0.25) is 0 Å². The first-order valence-electron chi connectivity index (χ1n) is 6.17. The maximum Gasteiger partial charge on any atom is 0.257 e. The van der Waals surface area contributed by atoms with Crippen molar-refractivity contribution in [2.24, 2.45) is 5.14 Å². The summed E-state index contributed by atoms with van der Waals surface area (Å²) in [5.74, 6) is 0. The second-order valence-corrected chi connectivity index (χ2v) is 6.72. The molecule has 1 aliphatic heterocycles. The van der Waals surface area contributed by atoms with Crippen molar-refractivity contribution in [1.29, 1.82) is 0 Å². The van der Waals surface area contributed by atoms with Gasteiger partial charge in [0.15, 0.2) is 5.03 Å². The molecule has 0 bridgehead atoms. The molecule has 1 saturated heterocycles. The molecule has 0 unspecified atom stereocenters. The third kappa shape index (κ3) is 1.77. The first-order valence-corrected chi connectivity index (χ1v) is 7.71. The molecule has 100 valence electrons. The number of sulfonamides is 1. The van der Waals surface area contributed by atoms with Crippen LogP contribution in [0.2, 0.25) is 0 Å². The Bertz CT molecular complexity index is 565. The number of rotatable bonds is 4. The number of hydrogen-bond donors (Lipinski definition) is 1. The first kappa shape index (κ1) is 12.1. The van der Waals surface area contributed by atoms with Gasteiger partial charge in [-0.3, -0.25) is 4.68 Å². The maximum absolute atomic E-state index is 11.4. The molecule has 2 fully saturated rings. The molecular formula is C11H17N3O3S. The normalized spacial score (nSPS) is 22.8. The van der Waals surface area contributed by atoms with E-state index in [1.807, 2.05) is 4.68 Å². The summed E-state index contributed by atoms with van der Waals surface area (Å²) in [4.78, 5) is 0. The van der Waals surface area contributed by atoms with Gasteiger partial charge in [-0.2, -0.15) is 5.10 Å². The molecule has 0 aromatic carbocycles. The third-order valence-electron chi connectivity index (χ3n) is 3.87. The van der Waals surface area contributed by atoms with Gasteiger partial charge in [0.1, 0.15) is 0 Å². The van der Waals surface area contributed by atoms with Crippen molar-refractivity contribution in [3.8, 4) is 0 Å². The Morgan fingerprint density at radius 3 is 2.61 bits per heavy atom. The highest BCUT2D eigenvalue weighted by Crippen LogP contribution is 2.42. The average molecular weight is 271 g/mol. The molecule has 0 amide bonds. The molecule has 2 N–H and O–H groups in total. The fraction of sp³-hybridized carbons (Fsp3) is 0.727. The molecule has 2 heterocycles. The fourth-order valence-electron chi connectivity index (χ4n) is 2.39. The quantitative estimate of drug-likeness (QED) is 0.866.